The van der Waals surface area contributed by atoms with Gasteiger partial charge in [0.15, 0.2) is 5.69 Å². The summed E-state index contributed by atoms with van der Waals surface area (Å²) in [5.74, 6) is -0.199. The van der Waals surface area contributed by atoms with Gasteiger partial charge < -0.3 is 10.6 Å². The van der Waals surface area contributed by atoms with Crippen LogP contribution < -0.4 is 5.73 Å². The summed E-state index contributed by atoms with van der Waals surface area (Å²) in [6, 6.07) is 10.7. The molecular formula is C18H22N4O2. The Bertz CT molecular complexity index is 739. The van der Waals surface area contributed by atoms with Crippen LogP contribution >= 0.6 is 0 Å². The van der Waals surface area contributed by atoms with Crippen molar-refractivity contribution in [1.29, 1.82) is 0 Å². The van der Waals surface area contributed by atoms with E-state index in [4.69, 9.17) is 5.73 Å². The summed E-state index contributed by atoms with van der Waals surface area (Å²) < 4.78 is 1.44. The van der Waals surface area contributed by atoms with Crippen LogP contribution in [-0.2, 0) is 0 Å². The Kier molecular flexibility index (Phi) is 4.64. The first-order valence-corrected chi connectivity index (χ1v) is 8.34. The third kappa shape index (κ3) is 3.18. The smallest absolute Gasteiger partial charge is 0.274 e. The number of amides is 2. The van der Waals surface area contributed by atoms with Crippen LogP contribution in [0.3, 0.4) is 0 Å². The Balaban J connectivity index is 1.91. The quantitative estimate of drug-likeness (QED) is 0.935. The number of para-hydroxylation sites is 1. The van der Waals surface area contributed by atoms with E-state index in [1.54, 1.807) is 0 Å². The zero-order valence-electron chi connectivity index (χ0n) is 13.8. The Morgan fingerprint density at radius 3 is 2.71 bits per heavy atom. The number of benzene rings is 1. The van der Waals surface area contributed by atoms with Gasteiger partial charge in [0.05, 0.1) is 5.69 Å². The fourth-order valence-electron chi connectivity index (χ4n) is 3.17. The third-order valence-corrected chi connectivity index (χ3v) is 4.57. The van der Waals surface area contributed by atoms with Crippen molar-refractivity contribution in [3.8, 4) is 5.69 Å². The van der Waals surface area contributed by atoms with E-state index in [0.29, 0.717) is 11.6 Å². The SMILES string of the molecule is CCC1CCCN(C(=O)c2cc(C(N)=O)n(-c3ccccc3)n2)C1. The summed E-state index contributed by atoms with van der Waals surface area (Å²) in [5.41, 5.74) is 6.65. The van der Waals surface area contributed by atoms with E-state index in [0.717, 1.165) is 32.4 Å². The fraction of sp³-hybridized carbons (Fsp3) is 0.389. The molecule has 2 N–H and O–H groups in total. The highest BCUT2D eigenvalue weighted by Gasteiger charge is 2.26. The van der Waals surface area contributed by atoms with Gasteiger partial charge >= 0.3 is 0 Å². The summed E-state index contributed by atoms with van der Waals surface area (Å²) in [6.45, 7) is 3.63. The van der Waals surface area contributed by atoms with Crippen molar-refractivity contribution in [2.24, 2.45) is 11.7 Å². The molecule has 0 bridgehead atoms. The Morgan fingerprint density at radius 1 is 1.29 bits per heavy atom. The molecule has 24 heavy (non-hydrogen) atoms. The molecule has 6 heteroatoms. The van der Waals surface area contributed by atoms with Crippen molar-refractivity contribution in [2.45, 2.75) is 26.2 Å². The van der Waals surface area contributed by atoms with Crippen molar-refractivity contribution in [1.82, 2.24) is 14.7 Å². The molecule has 1 aromatic heterocycles. The van der Waals surface area contributed by atoms with Crippen LogP contribution in [0.1, 0.15) is 47.2 Å². The fourth-order valence-corrected chi connectivity index (χ4v) is 3.17. The molecule has 2 heterocycles. The molecule has 3 rings (SSSR count). The van der Waals surface area contributed by atoms with E-state index in [2.05, 4.69) is 12.0 Å². The van der Waals surface area contributed by atoms with Crippen LogP contribution in [0.15, 0.2) is 36.4 Å². The average Bonchev–Trinajstić information content (AvgIpc) is 3.07. The van der Waals surface area contributed by atoms with Crippen LogP contribution in [0.4, 0.5) is 0 Å². The first-order chi connectivity index (χ1) is 11.6. The van der Waals surface area contributed by atoms with Gasteiger partial charge in [0.25, 0.3) is 11.8 Å². The number of hydrogen-bond acceptors (Lipinski definition) is 3. The lowest BCUT2D eigenvalue weighted by Gasteiger charge is -2.31. The molecule has 1 aliphatic heterocycles. The molecule has 126 valence electrons. The molecule has 0 radical (unpaired) electrons. The van der Waals surface area contributed by atoms with E-state index in [-0.39, 0.29) is 17.3 Å². The number of primary amides is 1. The van der Waals surface area contributed by atoms with Gasteiger partial charge in [-0.05, 0) is 30.9 Å². The molecule has 0 saturated carbocycles. The van der Waals surface area contributed by atoms with Gasteiger partial charge in [0, 0.05) is 19.2 Å². The summed E-state index contributed by atoms with van der Waals surface area (Å²) in [6.07, 6.45) is 3.23. The second-order valence-corrected chi connectivity index (χ2v) is 6.19. The first kappa shape index (κ1) is 16.2. The summed E-state index contributed by atoms with van der Waals surface area (Å²) in [7, 11) is 0. The highest BCUT2D eigenvalue weighted by atomic mass is 16.2. The molecule has 6 nitrogen and oxygen atoms in total. The molecule has 2 amide bonds. The molecule has 1 saturated heterocycles. The average molecular weight is 326 g/mol. The number of carbonyl (C=O) groups is 2. The topological polar surface area (TPSA) is 81.2 Å². The molecular weight excluding hydrogens is 304 g/mol. The first-order valence-electron chi connectivity index (χ1n) is 8.34. The van der Waals surface area contributed by atoms with E-state index >= 15 is 0 Å². The lowest BCUT2D eigenvalue weighted by atomic mass is 9.95. The van der Waals surface area contributed by atoms with Crippen LogP contribution in [0, 0.1) is 5.92 Å². The maximum atomic E-state index is 12.8. The van der Waals surface area contributed by atoms with Crippen LogP contribution in [0.25, 0.3) is 5.69 Å². The highest BCUT2D eigenvalue weighted by molar-refractivity contribution is 5.97. The lowest BCUT2D eigenvalue weighted by molar-refractivity contribution is 0.0664. The van der Waals surface area contributed by atoms with Gasteiger partial charge in [-0.3, -0.25) is 9.59 Å². The zero-order chi connectivity index (χ0) is 17.1. The highest BCUT2D eigenvalue weighted by Crippen LogP contribution is 2.21. The van der Waals surface area contributed by atoms with E-state index < -0.39 is 5.91 Å². The van der Waals surface area contributed by atoms with Crippen LogP contribution in [-0.4, -0.2) is 39.6 Å². The zero-order valence-corrected chi connectivity index (χ0v) is 13.8. The second kappa shape index (κ2) is 6.86. The van der Waals surface area contributed by atoms with E-state index in [9.17, 15) is 9.59 Å². The molecule has 1 atom stereocenters. The van der Waals surface area contributed by atoms with Crippen molar-refractivity contribution < 1.29 is 9.59 Å². The molecule has 0 aliphatic carbocycles. The number of piperidine rings is 1. The number of rotatable bonds is 4. The van der Waals surface area contributed by atoms with Crippen molar-refractivity contribution in [2.75, 3.05) is 13.1 Å². The maximum absolute atomic E-state index is 12.8. The number of hydrogen-bond donors (Lipinski definition) is 1. The predicted molar refractivity (Wildman–Crippen MR) is 91.0 cm³/mol. The predicted octanol–water partition coefficient (Wildman–Crippen LogP) is 2.23. The summed E-state index contributed by atoms with van der Waals surface area (Å²) in [5, 5.41) is 4.35. The van der Waals surface area contributed by atoms with Crippen molar-refractivity contribution in [3.05, 3.63) is 47.8 Å². The van der Waals surface area contributed by atoms with Crippen LogP contribution in [0.2, 0.25) is 0 Å². The molecule has 1 aliphatic rings. The monoisotopic (exact) mass is 326 g/mol. The van der Waals surface area contributed by atoms with E-state index in [1.807, 2.05) is 35.2 Å². The summed E-state index contributed by atoms with van der Waals surface area (Å²) in [4.78, 5) is 26.4. The standard InChI is InChI=1S/C18H22N4O2/c1-2-13-7-6-10-21(12-13)18(24)15-11-16(17(19)23)22(20-15)14-8-4-3-5-9-14/h3-5,8-9,11,13H,2,6-7,10,12H2,1H3,(H2,19,23). The van der Waals surface area contributed by atoms with Gasteiger partial charge in [-0.2, -0.15) is 5.10 Å². The Labute approximate surface area is 141 Å². The third-order valence-electron chi connectivity index (χ3n) is 4.57. The second-order valence-electron chi connectivity index (χ2n) is 6.19. The molecule has 1 unspecified atom stereocenters. The Morgan fingerprint density at radius 2 is 2.04 bits per heavy atom. The minimum atomic E-state index is -0.601. The van der Waals surface area contributed by atoms with Gasteiger partial charge in [-0.15, -0.1) is 0 Å². The summed E-state index contributed by atoms with van der Waals surface area (Å²) >= 11 is 0. The Hall–Kier alpha value is -2.63. The van der Waals surface area contributed by atoms with E-state index in [1.165, 1.54) is 10.7 Å². The largest absolute Gasteiger partial charge is 0.364 e. The molecule has 2 aromatic rings. The number of carbonyl (C=O) groups excluding carboxylic acids is 2. The number of likely N-dealkylation sites (tertiary alicyclic amines) is 1. The number of aromatic nitrogens is 2. The molecule has 1 aromatic carbocycles. The number of nitrogens with two attached hydrogens (primary N) is 1. The normalized spacial score (nSPS) is 17.7. The van der Waals surface area contributed by atoms with Gasteiger partial charge in [0.1, 0.15) is 5.69 Å². The minimum absolute atomic E-state index is 0.134. The van der Waals surface area contributed by atoms with Crippen molar-refractivity contribution in [3.63, 3.8) is 0 Å². The minimum Gasteiger partial charge on any atom is -0.364 e. The van der Waals surface area contributed by atoms with Crippen molar-refractivity contribution >= 4 is 11.8 Å². The maximum Gasteiger partial charge on any atom is 0.274 e. The lowest BCUT2D eigenvalue weighted by Crippen LogP contribution is -2.40. The van der Waals surface area contributed by atoms with Gasteiger partial charge in [-0.25, -0.2) is 4.68 Å². The van der Waals surface area contributed by atoms with Gasteiger partial charge in [0.2, 0.25) is 0 Å². The van der Waals surface area contributed by atoms with Crippen LogP contribution in [0.5, 0.6) is 0 Å². The number of nitrogens with zero attached hydrogens (tertiary/aromatic N) is 3. The molecule has 1 fully saturated rings. The van der Waals surface area contributed by atoms with Gasteiger partial charge in [-0.1, -0.05) is 31.5 Å². The molecule has 0 spiro atoms.